The Kier molecular flexibility index (Phi) is 4.54. The first-order valence-corrected chi connectivity index (χ1v) is 8.20. The van der Waals surface area contributed by atoms with Gasteiger partial charge < -0.3 is 5.21 Å². The average Bonchev–Trinajstić information content (AvgIpc) is 2.26. The van der Waals surface area contributed by atoms with Crippen molar-refractivity contribution in [3.63, 3.8) is 0 Å². The Bertz CT molecular complexity index is 748. The molecule has 1 aromatic rings. The van der Waals surface area contributed by atoms with Crippen LogP contribution in [-0.2, 0) is 20.2 Å². The van der Waals surface area contributed by atoms with Gasteiger partial charge in [0.2, 0.25) is 0 Å². The van der Waals surface area contributed by atoms with Crippen molar-refractivity contribution in [2.45, 2.75) is 29.7 Å². The fraction of sp³-hybridized carbons (Fsp3) is 0.300. The van der Waals surface area contributed by atoms with Crippen molar-refractivity contribution in [1.82, 2.24) is 0 Å². The van der Waals surface area contributed by atoms with E-state index in [1.165, 1.54) is 0 Å². The summed E-state index contributed by atoms with van der Waals surface area (Å²) in [7, 11) is -9.39. The Hall–Kier alpha value is -1.49. The van der Waals surface area contributed by atoms with Gasteiger partial charge in [0.25, 0.3) is 20.2 Å². The van der Waals surface area contributed by atoms with Gasteiger partial charge in [0.1, 0.15) is 4.90 Å². The van der Waals surface area contributed by atoms with E-state index in [1.54, 1.807) is 13.8 Å². The standard InChI is InChI=1S/C10H13NO7S2/c1-7(2)11(12)6-8-3-4-9(19(13,14)15)5-10(8)20(16,17)18/h3-7H,1-2H3,(H,13,14,15)(H,16,17,18)/b11-6-. The molecule has 0 saturated carbocycles. The maximum absolute atomic E-state index is 11.5. The molecular weight excluding hydrogens is 310 g/mol. The van der Waals surface area contributed by atoms with Crippen molar-refractivity contribution in [3.8, 4) is 0 Å². The number of hydroxylamine groups is 1. The smallest absolute Gasteiger partial charge is 0.295 e. The van der Waals surface area contributed by atoms with Gasteiger partial charge in [0, 0.05) is 0 Å². The molecule has 1 aromatic carbocycles. The van der Waals surface area contributed by atoms with Gasteiger partial charge in [-0.3, -0.25) is 9.11 Å². The van der Waals surface area contributed by atoms with Crippen molar-refractivity contribution < 1.29 is 30.7 Å². The molecule has 0 bridgehead atoms. The number of rotatable bonds is 4. The van der Waals surface area contributed by atoms with Crippen LogP contribution < -0.4 is 0 Å². The van der Waals surface area contributed by atoms with E-state index in [1.807, 2.05) is 0 Å². The lowest BCUT2D eigenvalue weighted by Gasteiger charge is -2.09. The third-order valence-corrected chi connectivity index (χ3v) is 4.10. The molecule has 0 aliphatic rings. The Morgan fingerprint density at radius 3 is 2.10 bits per heavy atom. The highest BCUT2D eigenvalue weighted by atomic mass is 32.2. The van der Waals surface area contributed by atoms with E-state index in [2.05, 4.69) is 0 Å². The van der Waals surface area contributed by atoms with E-state index in [0.29, 0.717) is 10.8 Å². The second kappa shape index (κ2) is 5.48. The van der Waals surface area contributed by atoms with E-state index in [-0.39, 0.29) is 5.56 Å². The van der Waals surface area contributed by atoms with Gasteiger partial charge in [-0.2, -0.15) is 16.8 Å². The number of benzene rings is 1. The molecule has 0 aliphatic carbocycles. The molecule has 10 heteroatoms. The fourth-order valence-electron chi connectivity index (χ4n) is 1.29. The maximum Gasteiger partial charge on any atom is 0.295 e. The summed E-state index contributed by atoms with van der Waals surface area (Å²) in [5, 5.41) is 11.5. The second-order valence-corrected chi connectivity index (χ2v) is 7.04. The van der Waals surface area contributed by atoms with E-state index < -0.39 is 36.1 Å². The first-order valence-electron chi connectivity index (χ1n) is 5.32. The summed E-state index contributed by atoms with van der Waals surface area (Å²) in [6, 6.07) is 2.01. The van der Waals surface area contributed by atoms with Crippen LogP contribution >= 0.6 is 0 Å². The molecule has 8 nitrogen and oxygen atoms in total. The zero-order valence-electron chi connectivity index (χ0n) is 10.6. The SMILES string of the molecule is CC(C)/[N+]([O-])=C/c1ccc(S(=O)(=O)O)cc1S(=O)(=O)O. The first-order chi connectivity index (χ1) is 8.93. The van der Waals surface area contributed by atoms with Crippen LogP contribution in [0.15, 0.2) is 28.0 Å². The highest BCUT2D eigenvalue weighted by molar-refractivity contribution is 7.86. The summed E-state index contributed by atoms with van der Waals surface area (Å²) < 4.78 is 62.7. The number of hydrogen-bond donors (Lipinski definition) is 2. The van der Waals surface area contributed by atoms with Gasteiger partial charge in [-0.25, -0.2) is 4.74 Å². The van der Waals surface area contributed by atoms with Crippen LogP contribution in [0.2, 0.25) is 0 Å². The molecule has 0 heterocycles. The Morgan fingerprint density at radius 2 is 1.70 bits per heavy atom. The molecule has 20 heavy (non-hydrogen) atoms. The predicted molar refractivity (Wildman–Crippen MR) is 70.0 cm³/mol. The summed E-state index contributed by atoms with van der Waals surface area (Å²) in [5.41, 5.74) is -0.191. The van der Waals surface area contributed by atoms with Gasteiger partial charge in [0.15, 0.2) is 12.3 Å². The molecule has 0 amide bonds. The van der Waals surface area contributed by atoms with E-state index in [0.717, 1.165) is 18.3 Å². The Balaban J connectivity index is 3.60. The second-order valence-electron chi connectivity index (χ2n) is 4.23. The maximum atomic E-state index is 11.5. The normalized spacial score (nSPS) is 13.8. The quantitative estimate of drug-likeness (QED) is 0.271. The monoisotopic (exact) mass is 323 g/mol. The minimum atomic E-state index is -4.76. The zero-order valence-corrected chi connectivity index (χ0v) is 12.2. The molecule has 1 rings (SSSR count). The van der Waals surface area contributed by atoms with Crippen LogP contribution in [-0.4, -0.2) is 42.9 Å². The average molecular weight is 323 g/mol. The molecule has 2 N–H and O–H groups in total. The molecule has 0 saturated heterocycles. The van der Waals surface area contributed by atoms with Crippen molar-refractivity contribution in [2.24, 2.45) is 0 Å². The van der Waals surface area contributed by atoms with Crippen molar-refractivity contribution in [2.75, 3.05) is 0 Å². The largest absolute Gasteiger partial charge is 0.624 e. The summed E-state index contributed by atoms with van der Waals surface area (Å²) >= 11 is 0. The molecule has 0 aromatic heterocycles. The summed E-state index contributed by atoms with van der Waals surface area (Å²) in [5.74, 6) is 0. The highest BCUT2D eigenvalue weighted by Crippen LogP contribution is 2.19. The fourth-order valence-corrected chi connectivity index (χ4v) is 2.57. The van der Waals surface area contributed by atoms with Crippen LogP contribution in [0.25, 0.3) is 0 Å². The van der Waals surface area contributed by atoms with Gasteiger partial charge in [-0.1, -0.05) is 0 Å². The van der Waals surface area contributed by atoms with E-state index in [9.17, 15) is 22.0 Å². The third-order valence-electron chi connectivity index (χ3n) is 2.34. The molecule has 0 unspecified atom stereocenters. The van der Waals surface area contributed by atoms with Crippen LogP contribution in [0, 0.1) is 5.21 Å². The molecule has 0 fully saturated rings. The van der Waals surface area contributed by atoms with Crippen molar-refractivity contribution in [3.05, 3.63) is 29.0 Å². The molecule has 0 radical (unpaired) electrons. The predicted octanol–water partition coefficient (Wildman–Crippen LogP) is 0.518. The lowest BCUT2D eigenvalue weighted by Crippen LogP contribution is -2.16. The van der Waals surface area contributed by atoms with Gasteiger partial charge in [-0.05, 0) is 32.0 Å². The molecular formula is C10H13NO7S2. The highest BCUT2D eigenvalue weighted by Gasteiger charge is 2.21. The van der Waals surface area contributed by atoms with Crippen LogP contribution in [0.3, 0.4) is 0 Å². The molecule has 0 atom stereocenters. The summed E-state index contributed by atoms with van der Waals surface area (Å²) in [6.45, 7) is 3.12. The lowest BCUT2D eigenvalue weighted by atomic mass is 10.2. The molecule has 0 aliphatic heterocycles. The molecule has 0 spiro atoms. The van der Waals surface area contributed by atoms with Gasteiger partial charge >= 0.3 is 0 Å². The zero-order chi connectivity index (χ0) is 15.7. The van der Waals surface area contributed by atoms with Crippen molar-refractivity contribution >= 4 is 26.5 Å². The first kappa shape index (κ1) is 16.6. The Labute approximate surface area is 116 Å². The number of hydrogen-bond acceptors (Lipinski definition) is 5. The van der Waals surface area contributed by atoms with Crippen molar-refractivity contribution in [1.29, 1.82) is 0 Å². The lowest BCUT2D eigenvalue weighted by molar-refractivity contribution is -0.487. The minimum absolute atomic E-state index is 0.191. The topological polar surface area (TPSA) is 135 Å². The Morgan fingerprint density at radius 1 is 1.15 bits per heavy atom. The van der Waals surface area contributed by atoms with Crippen LogP contribution in [0.1, 0.15) is 19.4 Å². The summed E-state index contributed by atoms with van der Waals surface area (Å²) in [4.78, 5) is -1.49. The summed E-state index contributed by atoms with van der Waals surface area (Å²) in [6.07, 6.45) is 0.904. The van der Waals surface area contributed by atoms with Crippen LogP contribution in [0.5, 0.6) is 0 Å². The third kappa shape index (κ3) is 4.00. The minimum Gasteiger partial charge on any atom is -0.624 e. The van der Waals surface area contributed by atoms with E-state index >= 15 is 0 Å². The van der Waals surface area contributed by atoms with Gasteiger partial charge in [0.05, 0.1) is 10.5 Å². The molecule has 112 valence electrons. The number of nitrogens with zero attached hydrogens (tertiary/aromatic N) is 1. The van der Waals surface area contributed by atoms with Crippen LogP contribution in [0.4, 0.5) is 0 Å². The van der Waals surface area contributed by atoms with Gasteiger partial charge in [-0.15, -0.1) is 0 Å². The van der Waals surface area contributed by atoms with E-state index in [4.69, 9.17) is 9.11 Å².